The Morgan fingerprint density at radius 1 is 1.63 bits per heavy atom. The van der Waals surface area contributed by atoms with Gasteiger partial charge in [0.15, 0.2) is 0 Å². The Kier molecular flexibility index (Phi) is 4.34. The van der Waals surface area contributed by atoms with Gasteiger partial charge >= 0.3 is 0 Å². The first-order chi connectivity index (χ1) is 9.13. The van der Waals surface area contributed by atoms with E-state index < -0.39 is 6.10 Å². The van der Waals surface area contributed by atoms with Crippen molar-refractivity contribution < 1.29 is 14.6 Å². The first-order valence-corrected chi connectivity index (χ1v) is 6.33. The molecule has 0 radical (unpaired) electrons. The van der Waals surface area contributed by atoms with Crippen LogP contribution in [0.1, 0.15) is 18.7 Å². The molecule has 2 heterocycles. The minimum Gasteiger partial charge on any atom is -0.387 e. The van der Waals surface area contributed by atoms with E-state index in [0.29, 0.717) is 25.5 Å². The van der Waals surface area contributed by atoms with Crippen molar-refractivity contribution >= 4 is 11.6 Å². The van der Waals surface area contributed by atoms with Crippen molar-refractivity contribution in [1.82, 2.24) is 10.3 Å². The van der Waals surface area contributed by atoms with E-state index in [1.165, 1.54) is 0 Å². The Balaban J connectivity index is 2.19. The van der Waals surface area contributed by atoms with Crippen LogP contribution in [0.3, 0.4) is 0 Å². The first kappa shape index (κ1) is 13.8. The highest BCUT2D eigenvalue weighted by atomic mass is 16.5. The molecule has 2 atom stereocenters. The summed E-state index contributed by atoms with van der Waals surface area (Å²) in [7, 11) is 1.61. The minimum atomic E-state index is -0.589. The highest BCUT2D eigenvalue weighted by molar-refractivity contribution is 5.85. The number of hydrogen-bond donors (Lipinski definition) is 2. The lowest BCUT2D eigenvalue weighted by Gasteiger charge is -2.35. The van der Waals surface area contributed by atoms with Crippen LogP contribution in [0.25, 0.3) is 0 Å². The number of aliphatic hydroxyl groups is 1. The lowest BCUT2D eigenvalue weighted by Crippen LogP contribution is -2.53. The van der Waals surface area contributed by atoms with Gasteiger partial charge in [0.2, 0.25) is 5.91 Å². The number of ether oxygens (including phenoxy) is 1. The lowest BCUT2D eigenvalue weighted by molar-refractivity contribution is -0.124. The maximum atomic E-state index is 11.8. The number of aromatic nitrogens is 1. The van der Waals surface area contributed by atoms with Crippen molar-refractivity contribution in [2.24, 2.45) is 0 Å². The molecule has 1 amide bonds. The SMILES string of the molecule is CNC(=O)C1COCCN1c1ccc(C(C)O)nc1. The van der Waals surface area contributed by atoms with Crippen LogP contribution in [-0.4, -0.2) is 48.8 Å². The van der Waals surface area contributed by atoms with E-state index in [0.717, 1.165) is 5.69 Å². The van der Waals surface area contributed by atoms with Crippen molar-refractivity contribution in [1.29, 1.82) is 0 Å². The van der Waals surface area contributed by atoms with Crippen LogP contribution in [-0.2, 0) is 9.53 Å². The average molecular weight is 265 g/mol. The van der Waals surface area contributed by atoms with Gasteiger partial charge in [0.1, 0.15) is 6.04 Å². The van der Waals surface area contributed by atoms with Gasteiger partial charge in [-0.2, -0.15) is 0 Å². The van der Waals surface area contributed by atoms with Crippen molar-refractivity contribution in [3.8, 4) is 0 Å². The monoisotopic (exact) mass is 265 g/mol. The number of rotatable bonds is 3. The fraction of sp³-hybridized carbons (Fsp3) is 0.538. The van der Waals surface area contributed by atoms with Crippen LogP contribution < -0.4 is 10.2 Å². The number of amides is 1. The summed E-state index contributed by atoms with van der Waals surface area (Å²) in [5.74, 6) is -0.0701. The number of nitrogens with one attached hydrogen (secondary N) is 1. The number of carbonyl (C=O) groups is 1. The van der Waals surface area contributed by atoms with Crippen molar-refractivity contribution in [2.45, 2.75) is 19.1 Å². The Bertz CT molecular complexity index is 433. The third-order valence-electron chi connectivity index (χ3n) is 3.21. The Labute approximate surface area is 112 Å². The van der Waals surface area contributed by atoms with Gasteiger partial charge in [0, 0.05) is 13.6 Å². The van der Waals surface area contributed by atoms with Crippen LogP contribution in [0.5, 0.6) is 0 Å². The summed E-state index contributed by atoms with van der Waals surface area (Å²) < 4.78 is 5.36. The zero-order valence-electron chi connectivity index (χ0n) is 11.2. The van der Waals surface area contributed by atoms with E-state index in [1.807, 2.05) is 11.0 Å². The van der Waals surface area contributed by atoms with Gasteiger partial charge in [-0.15, -0.1) is 0 Å². The topological polar surface area (TPSA) is 74.7 Å². The van der Waals surface area contributed by atoms with Gasteiger partial charge in [-0.3, -0.25) is 9.78 Å². The third kappa shape index (κ3) is 3.02. The number of aliphatic hydroxyl groups excluding tert-OH is 1. The van der Waals surface area contributed by atoms with E-state index in [1.54, 1.807) is 26.2 Å². The molecule has 0 aromatic carbocycles. The molecular weight excluding hydrogens is 246 g/mol. The first-order valence-electron chi connectivity index (χ1n) is 6.33. The summed E-state index contributed by atoms with van der Waals surface area (Å²) in [6.07, 6.45) is 1.09. The summed E-state index contributed by atoms with van der Waals surface area (Å²) in [5, 5.41) is 12.1. The molecule has 1 aromatic rings. The molecule has 0 saturated carbocycles. The Hall–Kier alpha value is -1.66. The molecule has 2 rings (SSSR count). The van der Waals surface area contributed by atoms with E-state index in [4.69, 9.17) is 4.74 Å². The standard InChI is InChI=1S/C13H19N3O3/c1-9(17)11-4-3-10(7-15-11)16-5-6-19-8-12(16)13(18)14-2/h3-4,7,9,12,17H,5-6,8H2,1-2H3,(H,14,18). The fourth-order valence-corrected chi connectivity index (χ4v) is 2.11. The van der Waals surface area contributed by atoms with Crippen molar-refractivity contribution in [3.63, 3.8) is 0 Å². The Morgan fingerprint density at radius 2 is 2.42 bits per heavy atom. The predicted octanol–water partition coefficient (Wildman–Crippen LogP) is 0.0861. The number of carbonyl (C=O) groups excluding carboxylic acids is 1. The van der Waals surface area contributed by atoms with Crippen molar-refractivity contribution in [2.75, 3.05) is 31.7 Å². The highest BCUT2D eigenvalue weighted by Crippen LogP contribution is 2.20. The molecule has 1 aliphatic heterocycles. The molecule has 1 aromatic heterocycles. The molecular formula is C13H19N3O3. The van der Waals surface area contributed by atoms with Gasteiger partial charge in [0.05, 0.1) is 36.9 Å². The zero-order chi connectivity index (χ0) is 13.8. The summed E-state index contributed by atoms with van der Waals surface area (Å²) in [5.41, 5.74) is 1.48. The third-order valence-corrected chi connectivity index (χ3v) is 3.21. The molecule has 1 aliphatic rings. The maximum Gasteiger partial charge on any atom is 0.244 e. The van der Waals surface area contributed by atoms with Crippen LogP contribution in [0.2, 0.25) is 0 Å². The van der Waals surface area contributed by atoms with E-state index in [-0.39, 0.29) is 11.9 Å². The zero-order valence-corrected chi connectivity index (χ0v) is 11.2. The minimum absolute atomic E-state index is 0.0701. The highest BCUT2D eigenvalue weighted by Gasteiger charge is 2.29. The summed E-state index contributed by atoms with van der Waals surface area (Å²) in [6, 6.07) is 3.31. The van der Waals surface area contributed by atoms with Crippen molar-refractivity contribution in [3.05, 3.63) is 24.0 Å². The van der Waals surface area contributed by atoms with Gasteiger partial charge < -0.3 is 20.1 Å². The van der Waals surface area contributed by atoms with Crippen LogP contribution in [0, 0.1) is 0 Å². The molecule has 19 heavy (non-hydrogen) atoms. The number of pyridine rings is 1. The molecule has 2 N–H and O–H groups in total. The summed E-state index contributed by atoms with van der Waals surface area (Å²) >= 11 is 0. The molecule has 1 saturated heterocycles. The van der Waals surface area contributed by atoms with Crippen LogP contribution in [0.4, 0.5) is 5.69 Å². The van der Waals surface area contributed by atoms with E-state index in [2.05, 4.69) is 10.3 Å². The quantitative estimate of drug-likeness (QED) is 0.810. The molecule has 0 bridgehead atoms. The number of likely N-dealkylation sites (N-methyl/N-ethyl adjacent to an activating group) is 1. The lowest BCUT2D eigenvalue weighted by atomic mass is 10.1. The second-order valence-corrected chi connectivity index (χ2v) is 4.52. The molecule has 104 valence electrons. The second-order valence-electron chi connectivity index (χ2n) is 4.52. The largest absolute Gasteiger partial charge is 0.387 e. The normalized spacial score (nSPS) is 21.0. The summed E-state index contributed by atoms with van der Waals surface area (Å²) in [6.45, 7) is 3.28. The molecule has 2 unspecified atom stereocenters. The maximum absolute atomic E-state index is 11.8. The smallest absolute Gasteiger partial charge is 0.244 e. The van der Waals surface area contributed by atoms with Gasteiger partial charge in [-0.05, 0) is 19.1 Å². The van der Waals surface area contributed by atoms with Crippen LogP contribution >= 0.6 is 0 Å². The second kappa shape index (κ2) is 5.99. The van der Waals surface area contributed by atoms with Gasteiger partial charge in [-0.25, -0.2) is 0 Å². The molecule has 6 heteroatoms. The van der Waals surface area contributed by atoms with Gasteiger partial charge in [-0.1, -0.05) is 0 Å². The van der Waals surface area contributed by atoms with Crippen LogP contribution in [0.15, 0.2) is 18.3 Å². The Morgan fingerprint density at radius 3 is 3.00 bits per heavy atom. The number of nitrogens with zero attached hydrogens (tertiary/aromatic N) is 2. The molecule has 6 nitrogen and oxygen atoms in total. The number of hydrogen-bond acceptors (Lipinski definition) is 5. The fourth-order valence-electron chi connectivity index (χ4n) is 2.11. The molecule has 0 aliphatic carbocycles. The van der Waals surface area contributed by atoms with E-state index in [9.17, 15) is 9.90 Å². The molecule has 1 fully saturated rings. The number of anilines is 1. The predicted molar refractivity (Wildman–Crippen MR) is 70.9 cm³/mol. The van der Waals surface area contributed by atoms with Gasteiger partial charge in [0.25, 0.3) is 0 Å². The van der Waals surface area contributed by atoms with E-state index >= 15 is 0 Å². The average Bonchev–Trinajstić information content (AvgIpc) is 2.46. The number of morpholine rings is 1. The summed E-state index contributed by atoms with van der Waals surface area (Å²) in [4.78, 5) is 18.0. The molecule has 0 spiro atoms.